The van der Waals surface area contributed by atoms with E-state index in [0.29, 0.717) is 48.8 Å². The third-order valence-corrected chi connectivity index (χ3v) is 8.77. The Morgan fingerprint density at radius 1 is 1.14 bits per heavy atom. The van der Waals surface area contributed by atoms with Gasteiger partial charge in [0.25, 0.3) is 14.4 Å². The van der Waals surface area contributed by atoms with Crippen molar-refractivity contribution in [2.24, 2.45) is 0 Å². The Morgan fingerprint density at radius 3 is 2.60 bits per heavy atom. The van der Waals surface area contributed by atoms with Crippen LogP contribution < -0.4 is 5.32 Å². The Bertz CT molecular complexity index is 1340. The molecule has 0 spiro atoms. The van der Waals surface area contributed by atoms with Gasteiger partial charge < -0.3 is 28.6 Å². The molecule has 4 rings (SSSR count). The summed E-state index contributed by atoms with van der Waals surface area (Å²) in [6.07, 6.45) is 2.65. The van der Waals surface area contributed by atoms with E-state index in [2.05, 4.69) is 58.7 Å². The summed E-state index contributed by atoms with van der Waals surface area (Å²) in [6.45, 7) is 9.75. The lowest BCUT2D eigenvalue weighted by atomic mass is 10.2. The smallest absolute Gasteiger partial charge is 0.259 e. The molecule has 2 aromatic heterocycles. The average molecular weight is 614 g/mol. The predicted octanol–water partition coefficient (Wildman–Crippen LogP) is 4.69. The van der Waals surface area contributed by atoms with Gasteiger partial charge in [0.1, 0.15) is 12.4 Å². The zero-order valence-corrected chi connectivity index (χ0v) is 26.1. The molecule has 3 heterocycles. The highest BCUT2D eigenvalue weighted by Gasteiger charge is 2.40. The molecule has 0 radical (unpaired) electrons. The molecule has 1 aromatic carbocycles. The van der Waals surface area contributed by atoms with Crippen molar-refractivity contribution >= 4 is 31.4 Å². The van der Waals surface area contributed by atoms with Crippen LogP contribution in [0.1, 0.15) is 57.1 Å². The number of benzene rings is 1. The molecule has 0 bridgehead atoms. The molecule has 3 aromatic rings. The molecule has 13 nitrogen and oxygen atoms in total. The first-order valence-electron chi connectivity index (χ1n) is 14.3. The fourth-order valence-electron chi connectivity index (χ4n) is 4.86. The van der Waals surface area contributed by atoms with Crippen molar-refractivity contribution in [1.29, 1.82) is 5.26 Å². The number of anilines is 1. The van der Waals surface area contributed by atoms with E-state index in [1.54, 1.807) is 42.3 Å². The van der Waals surface area contributed by atoms with Crippen LogP contribution in [0.2, 0.25) is 0 Å². The van der Waals surface area contributed by atoms with Crippen LogP contribution in [0.3, 0.4) is 0 Å². The minimum absolute atomic E-state index is 0.184. The molecule has 4 atom stereocenters. The number of fused-ring (bicyclic) bond motifs is 1. The summed E-state index contributed by atoms with van der Waals surface area (Å²) < 4.78 is 34.2. The Balaban J connectivity index is 1.52. The van der Waals surface area contributed by atoms with Gasteiger partial charge in [-0.25, -0.2) is 19.6 Å². The first-order valence-corrected chi connectivity index (χ1v) is 15.5. The summed E-state index contributed by atoms with van der Waals surface area (Å²) in [7, 11) is 0.206. The van der Waals surface area contributed by atoms with Gasteiger partial charge in [-0.1, -0.05) is 18.2 Å². The highest BCUT2D eigenvalue weighted by Crippen LogP contribution is 2.47. The molecule has 1 aliphatic rings. The fraction of sp³-hybridized carbons (Fsp3) is 0.552. The number of imidazole rings is 1. The van der Waals surface area contributed by atoms with Crippen LogP contribution >= 0.6 is 8.53 Å². The second kappa shape index (κ2) is 16.1. The Labute approximate surface area is 253 Å². The molecule has 1 fully saturated rings. The van der Waals surface area contributed by atoms with E-state index in [4.69, 9.17) is 28.5 Å². The summed E-state index contributed by atoms with van der Waals surface area (Å²) in [4.78, 5) is 26.1. The van der Waals surface area contributed by atoms with Crippen LogP contribution in [-0.2, 0) is 23.3 Å². The highest BCUT2D eigenvalue weighted by molar-refractivity contribution is 7.44. The SMILES string of the molecule is COCCO[C@@H]1C[C@@H](COP(OCCC#N)N(C(C)C)C(C)C)O[C@H]1n1cnc2c(NC(=O)c3ccccc3)ncnc21. The van der Waals surface area contributed by atoms with Crippen molar-refractivity contribution in [3.63, 3.8) is 0 Å². The molecule has 14 heteroatoms. The molecule has 232 valence electrons. The van der Waals surface area contributed by atoms with Gasteiger partial charge in [-0.15, -0.1) is 0 Å². The lowest BCUT2D eigenvalue weighted by molar-refractivity contribution is -0.0741. The predicted molar refractivity (Wildman–Crippen MR) is 161 cm³/mol. The maximum Gasteiger partial charge on any atom is 0.259 e. The average Bonchev–Trinajstić information content (AvgIpc) is 3.60. The normalized spacial score (nSPS) is 19.4. The molecular weight excluding hydrogens is 573 g/mol. The van der Waals surface area contributed by atoms with Gasteiger partial charge in [0.2, 0.25) is 0 Å². The van der Waals surface area contributed by atoms with Gasteiger partial charge in [0, 0.05) is 31.2 Å². The number of nitriles is 1. The largest absolute Gasteiger partial charge is 0.382 e. The quantitative estimate of drug-likeness (QED) is 0.177. The number of amides is 1. The summed E-state index contributed by atoms with van der Waals surface area (Å²) in [6, 6.07) is 11.4. The molecule has 1 saturated heterocycles. The van der Waals surface area contributed by atoms with Gasteiger partial charge >= 0.3 is 0 Å². The highest BCUT2D eigenvalue weighted by atomic mass is 31.2. The number of nitrogens with zero attached hydrogens (tertiary/aromatic N) is 6. The second-order valence-corrected chi connectivity index (χ2v) is 11.9. The first-order chi connectivity index (χ1) is 20.8. The van der Waals surface area contributed by atoms with E-state index in [1.807, 2.05) is 6.07 Å². The number of aromatic nitrogens is 4. The van der Waals surface area contributed by atoms with E-state index in [9.17, 15) is 4.79 Å². The number of rotatable bonds is 16. The van der Waals surface area contributed by atoms with E-state index >= 15 is 0 Å². The standard InChI is InChI=1S/C29H40N7O6P/c1-20(2)36(21(3)4)43(40-13-9-12-30)41-17-23-16-24(39-15-14-38-5)29(42-23)35-19-33-25-26(31-18-32-27(25)35)34-28(37)22-10-7-6-8-11-22/h6-8,10-11,18-21,23-24,29H,9,13-17H2,1-5H3,(H,31,32,34,37)/t23-,24+,29+,43?/m0/s1. The number of hydrogen-bond donors (Lipinski definition) is 1. The van der Waals surface area contributed by atoms with Crippen molar-refractivity contribution in [2.45, 2.75) is 71.1 Å². The zero-order chi connectivity index (χ0) is 30.8. The number of carbonyl (C=O) groups is 1. The fourth-order valence-corrected chi connectivity index (χ4v) is 6.50. The lowest BCUT2D eigenvalue weighted by Crippen LogP contribution is -2.34. The van der Waals surface area contributed by atoms with E-state index < -0.39 is 14.8 Å². The van der Waals surface area contributed by atoms with Crippen molar-refractivity contribution in [3.8, 4) is 6.07 Å². The zero-order valence-electron chi connectivity index (χ0n) is 25.3. The van der Waals surface area contributed by atoms with Gasteiger partial charge in [-0.05, 0) is 39.8 Å². The number of nitrogens with one attached hydrogen (secondary N) is 1. The topological polar surface area (TPSA) is 146 Å². The molecule has 0 saturated carbocycles. The van der Waals surface area contributed by atoms with Gasteiger partial charge in [0.15, 0.2) is 23.2 Å². The lowest BCUT2D eigenvalue weighted by Gasteiger charge is -2.35. The molecular formula is C29H40N7O6P. The summed E-state index contributed by atoms with van der Waals surface area (Å²) in [5.41, 5.74) is 1.44. The number of methoxy groups -OCH3 is 1. The molecule has 1 N–H and O–H groups in total. The second-order valence-electron chi connectivity index (χ2n) is 10.5. The van der Waals surface area contributed by atoms with Crippen molar-refractivity contribution in [1.82, 2.24) is 24.2 Å². The monoisotopic (exact) mass is 613 g/mol. The van der Waals surface area contributed by atoms with Gasteiger partial charge in [-0.2, -0.15) is 5.26 Å². The van der Waals surface area contributed by atoms with E-state index in [-0.39, 0.29) is 43.2 Å². The van der Waals surface area contributed by atoms with Gasteiger partial charge in [0.05, 0.1) is 51.3 Å². The maximum absolute atomic E-state index is 12.8. The van der Waals surface area contributed by atoms with Crippen LogP contribution in [-0.4, -0.2) is 87.9 Å². The third-order valence-electron chi connectivity index (χ3n) is 6.70. The van der Waals surface area contributed by atoms with Crippen LogP contribution in [0.25, 0.3) is 11.2 Å². The maximum atomic E-state index is 12.8. The summed E-state index contributed by atoms with van der Waals surface area (Å²) in [5, 5.41) is 11.8. The first kappa shape index (κ1) is 32.8. The molecule has 43 heavy (non-hydrogen) atoms. The molecule has 1 amide bonds. The van der Waals surface area contributed by atoms with Crippen LogP contribution in [0.5, 0.6) is 0 Å². The summed E-state index contributed by atoms with van der Waals surface area (Å²) in [5.74, 6) is 0.00513. The Hall–Kier alpha value is -3.08. The van der Waals surface area contributed by atoms with Crippen molar-refractivity contribution in [2.75, 3.05) is 38.9 Å². The minimum Gasteiger partial charge on any atom is -0.382 e. The van der Waals surface area contributed by atoms with E-state index in [1.165, 1.54) is 6.33 Å². The molecule has 1 unspecified atom stereocenters. The number of carbonyl (C=O) groups excluding carboxylic acids is 1. The molecule has 1 aliphatic heterocycles. The van der Waals surface area contributed by atoms with Crippen LogP contribution in [0, 0.1) is 11.3 Å². The Kier molecular flexibility index (Phi) is 12.3. The van der Waals surface area contributed by atoms with Crippen LogP contribution in [0.15, 0.2) is 43.0 Å². The van der Waals surface area contributed by atoms with Crippen molar-refractivity contribution in [3.05, 3.63) is 48.5 Å². The van der Waals surface area contributed by atoms with Crippen molar-refractivity contribution < 1.29 is 28.1 Å². The van der Waals surface area contributed by atoms with Gasteiger partial charge in [-0.3, -0.25) is 9.36 Å². The van der Waals surface area contributed by atoms with E-state index in [0.717, 1.165) is 0 Å². The third kappa shape index (κ3) is 8.52. The molecule has 0 aliphatic carbocycles. The number of hydrogen-bond acceptors (Lipinski definition) is 11. The summed E-state index contributed by atoms with van der Waals surface area (Å²) >= 11 is 0. The Morgan fingerprint density at radius 2 is 1.91 bits per heavy atom. The number of ether oxygens (including phenoxy) is 3. The minimum atomic E-state index is -1.42. The van der Waals surface area contributed by atoms with Crippen LogP contribution in [0.4, 0.5) is 5.82 Å².